The van der Waals surface area contributed by atoms with E-state index in [2.05, 4.69) is 5.32 Å². The van der Waals surface area contributed by atoms with E-state index < -0.39 is 5.91 Å². The molecule has 0 saturated heterocycles. The van der Waals surface area contributed by atoms with E-state index in [4.69, 9.17) is 5.73 Å². The number of benzene rings is 1. The van der Waals surface area contributed by atoms with Crippen molar-refractivity contribution in [3.05, 3.63) is 51.2 Å². The predicted octanol–water partition coefficient (Wildman–Crippen LogP) is 3.12. The molecule has 3 amide bonds. The molecule has 26 heavy (non-hydrogen) atoms. The first-order valence-electron chi connectivity index (χ1n) is 8.46. The number of carbonyl (C=O) groups excluding carboxylic acids is 2. The lowest BCUT2D eigenvalue weighted by Gasteiger charge is -2.38. The van der Waals surface area contributed by atoms with E-state index in [-0.39, 0.29) is 34.7 Å². The predicted molar refractivity (Wildman–Crippen MR) is 101 cm³/mol. The molecular formula is C19H23N3O3S. The van der Waals surface area contributed by atoms with Crippen LogP contribution in [0.1, 0.15) is 52.5 Å². The van der Waals surface area contributed by atoms with Gasteiger partial charge in [0.05, 0.1) is 12.6 Å². The summed E-state index contributed by atoms with van der Waals surface area (Å²) in [4.78, 5) is 27.1. The van der Waals surface area contributed by atoms with Crippen LogP contribution >= 0.6 is 11.3 Å². The first kappa shape index (κ1) is 18.3. The van der Waals surface area contributed by atoms with Gasteiger partial charge in [-0.1, -0.05) is 44.2 Å². The van der Waals surface area contributed by atoms with Crippen LogP contribution < -0.4 is 11.1 Å². The number of hydrogen-bond acceptors (Lipinski definition) is 4. The van der Waals surface area contributed by atoms with Gasteiger partial charge < -0.3 is 21.1 Å². The summed E-state index contributed by atoms with van der Waals surface area (Å²) in [7, 11) is 0. The topological polar surface area (TPSA) is 95.7 Å². The lowest BCUT2D eigenvalue weighted by molar-refractivity contribution is 0.100. The highest BCUT2D eigenvalue weighted by atomic mass is 32.1. The van der Waals surface area contributed by atoms with Crippen molar-refractivity contribution in [2.24, 2.45) is 5.73 Å². The average Bonchev–Trinajstić information content (AvgIpc) is 2.93. The minimum Gasteiger partial charge on any atom is -0.506 e. The van der Waals surface area contributed by atoms with Gasteiger partial charge in [-0.15, -0.1) is 11.3 Å². The first-order valence-corrected chi connectivity index (χ1v) is 9.27. The summed E-state index contributed by atoms with van der Waals surface area (Å²) in [5.41, 5.74) is 6.61. The Morgan fingerprint density at radius 1 is 1.31 bits per heavy atom. The first-order chi connectivity index (χ1) is 12.2. The van der Waals surface area contributed by atoms with Crippen LogP contribution in [0.3, 0.4) is 0 Å². The average molecular weight is 373 g/mol. The van der Waals surface area contributed by atoms with E-state index >= 15 is 0 Å². The number of nitrogens with zero attached hydrogens (tertiary/aromatic N) is 1. The largest absolute Gasteiger partial charge is 0.506 e. The Morgan fingerprint density at radius 2 is 1.96 bits per heavy atom. The van der Waals surface area contributed by atoms with Gasteiger partial charge in [-0.2, -0.15) is 0 Å². The van der Waals surface area contributed by atoms with E-state index in [1.165, 1.54) is 11.3 Å². The normalized spacial score (nSPS) is 16.7. The summed E-state index contributed by atoms with van der Waals surface area (Å²) < 4.78 is 0. The van der Waals surface area contributed by atoms with Crippen molar-refractivity contribution in [3.8, 4) is 5.75 Å². The molecule has 1 aliphatic rings. The molecule has 0 saturated carbocycles. The van der Waals surface area contributed by atoms with Gasteiger partial charge in [0.2, 0.25) is 0 Å². The third-order valence-corrected chi connectivity index (χ3v) is 6.28. The van der Waals surface area contributed by atoms with Crippen LogP contribution in [0.15, 0.2) is 30.3 Å². The zero-order chi connectivity index (χ0) is 19.1. The van der Waals surface area contributed by atoms with E-state index in [0.717, 1.165) is 10.4 Å². The molecule has 0 unspecified atom stereocenters. The fraction of sp³-hybridized carbons (Fsp3) is 0.368. The van der Waals surface area contributed by atoms with Crippen molar-refractivity contribution in [1.29, 1.82) is 0 Å². The zero-order valence-electron chi connectivity index (χ0n) is 15.1. The summed E-state index contributed by atoms with van der Waals surface area (Å²) in [5.74, 6) is -0.745. The van der Waals surface area contributed by atoms with Crippen LogP contribution in [-0.4, -0.2) is 28.5 Å². The fourth-order valence-electron chi connectivity index (χ4n) is 3.36. The number of rotatable bonds is 3. The smallest absolute Gasteiger partial charge is 0.318 e. The van der Waals surface area contributed by atoms with Gasteiger partial charge in [0.25, 0.3) is 5.91 Å². The molecular weight excluding hydrogens is 350 g/mol. The maximum Gasteiger partial charge on any atom is 0.318 e. The fourth-order valence-corrected chi connectivity index (χ4v) is 4.51. The Balaban J connectivity index is 1.82. The summed E-state index contributed by atoms with van der Waals surface area (Å²) >= 11 is 1.22. The van der Waals surface area contributed by atoms with Gasteiger partial charge in [0, 0.05) is 22.4 Å². The van der Waals surface area contributed by atoms with Crippen LogP contribution in [0.4, 0.5) is 4.79 Å². The highest BCUT2D eigenvalue weighted by molar-refractivity contribution is 7.14. The molecule has 2 heterocycles. The Bertz CT molecular complexity index is 845. The Morgan fingerprint density at radius 3 is 2.58 bits per heavy atom. The third-order valence-electron chi connectivity index (χ3n) is 4.68. The molecule has 0 fully saturated rings. The van der Waals surface area contributed by atoms with E-state index in [9.17, 15) is 14.7 Å². The standard InChI is InChI=1S/C19H23N3O3S/c1-11(12-7-5-4-6-8-12)21-18(25)22-9-13-14(23)15(17(20)24)26-16(13)19(2,3)10-22/h4-8,11,23H,9-10H2,1-3H3,(H2,20,24)(H,21,25)/t11-/m0/s1. The quantitative estimate of drug-likeness (QED) is 0.771. The van der Waals surface area contributed by atoms with Crippen LogP contribution in [0, 0.1) is 0 Å². The number of thiophene rings is 1. The molecule has 0 aliphatic carbocycles. The van der Waals surface area contributed by atoms with Gasteiger partial charge >= 0.3 is 6.03 Å². The van der Waals surface area contributed by atoms with Crippen LogP contribution in [-0.2, 0) is 12.0 Å². The monoisotopic (exact) mass is 373 g/mol. The second-order valence-electron chi connectivity index (χ2n) is 7.27. The van der Waals surface area contributed by atoms with Gasteiger partial charge in [-0.3, -0.25) is 4.79 Å². The molecule has 3 rings (SSSR count). The number of carbonyl (C=O) groups is 2. The number of aromatic hydroxyl groups is 1. The van der Waals surface area contributed by atoms with Crippen molar-refractivity contribution in [2.45, 2.75) is 38.8 Å². The van der Waals surface area contributed by atoms with Gasteiger partial charge in [-0.05, 0) is 12.5 Å². The molecule has 0 spiro atoms. The number of nitrogens with two attached hydrogens (primary N) is 1. The number of amides is 3. The van der Waals surface area contributed by atoms with Crippen molar-refractivity contribution in [1.82, 2.24) is 10.2 Å². The Hall–Kier alpha value is -2.54. The van der Waals surface area contributed by atoms with Gasteiger partial charge in [-0.25, -0.2) is 4.79 Å². The minimum atomic E-state index is -0.647. The third kappa shape index (κ3) is 3.26. The van der Waals surface area contributed by atoms with Crippen molar-refractivity contribution in [3.63, 3.8) is 0 Å². The maximum atomic E-state index is 12.8. The summed E-state index contributed by atoms with van der Waals surface area (Å²) in [6, 6.07) is 9.39. The molecule has 1 atom stereocenters. The Kier molecular flexibility index (Phi) is 4.66. The second-order valence-corrected chi connectivity index (χ2v) is 8.29. The van der Waals surface area contributed by atoms with E-state index in [0.29, 0.717) is 12.1 Å². The number of primary amides is 1. The van der Waals surface area contributed by atoms with Crippen LogP contribution in [0.5, 0.6) is 5.75 Å². The summed E-state index contributed by atoms with van der Waals surface area (Å²) in [6.45, 7) is 6.66. The van der Waals surface area contributed by atoms with Crippen molar-refractivity contribution >= 4 is 23.3 Å². The highest BCUT2D eigenvalue weighted by Gasteiger charge is 2.39. The number of fused-ring (bicyclic) bond motifs is 1. The van der Waals surface area contributed by atoms with Crippen molar-refractivity contribution < 1.29 is 14.7 Å². The van der Waals surface area contributed by atoms with Crippen LogP contribution in [0.25, 0.3) is 0 Å². The lowest BCUT2D eigenvalue weighted by Crippen LogP contribution is -2.48. The molecule has 1 aliphatic heterocycles. The van der Waals surface area contributed by atoms with Crippen LogP contribution in [0.2, 0.25) is 0 Å². The number of urea groups is 1. The molecule has 7 heteroatoms. The molecule has 1 aromatic heterocycles. The molecule has 0 radical (unpaired) electrons. The molecule has 0 bridgehead atoms. The van der Waals surface area contributed by atoms with Gasteiger partial charge in [0.1, 0.15) is 10.6 Å². The number of hydrogen-bond donors (Lipinski definition) is 3. The SMILES string of the molecule is C[C@H](NC(=O)N1Cc2c(sc(C(N)=O)c2O)C(C)(C)C1)c1ccccc1. The van der Waals surface area contributed by atoms with Gasteiger partial charge in [0.15, 0.2) is 0 Å². The van der Waals surface area contributed by atoms with Crippen molar-refractivity contribution in [2.75, 3.05) is 6.54 Å². The molecule has 2 aromatic rings. The number of nitrogens with one attached hydrogen (secondary N) is 1. The Labute approximate surface area is 156 Å². The maximum absolute atomic E-state index is 12.8. The molecule has 6 nitrogen and oxygen atoms in total. The van der Waals surface area contributed by atoms with E-state index in [1.807, 2.05) is 51.1 Å². The molecule has 4 N–H and O–H groups in total. The summed E-state index contributed by atoms with van der Waals surface area (Å²) in [6.07, 6.45) is 0. The second kappa shape index (κ2) is 6.64. The summed E-state index contributed by atoms with van der Waals surface area (Å²) in [5, 5.41) is 13.4. The molecule has 138 valence electrons. The lowest BCUT2D eigenvalue weighted by atomic mass is 9.85. The van der Waals surface area contributed by atoms with E-state index in [1.54, 1.807) is 4.90 Å². The molecule has 1 aromatic carbocycles. The zero-order valence-corrected chi connectivity index (χ0v) is 15.9. The highest BCUT2D eigenvalue weighted by Crippen LogP contribution is 2.45. The minimum absolute atomic E-state index is 0.0980.